The lowest BCUT2D eigenvalue weighted by Crippen LogP contribution is -2.51. The van der Waals surface area contributed by atoms with Crippen LogP contribution in [0, 0.1) is 0 Å². The van der Waals surface area contributed by atoms with Crippen molar-refractivity contribution >= 4 is 23.4 Å². The number of aromatic nitrogens is 2. The molecule has 0 bridgehead atoms. The van der Waals surface area contributed by atoms with E-state index in [0.717, 1.165) is 0 Å². The molecule has 0 saturated heterocycles. The minimum Gasteiger partial charge on any atom is -0.494 e. The van der Waals surface area contributed by atoms with E-state index < -0.39 is 18.0 Å². The fourth-order valence-electron chi connectivity index (χ4n) is 3.85. The molecule has 0 aliphatic heterocycles. The Labute approximate surface area is 219 Å². The second kappa shape index (κ2) is 11.7. The number of nitrogens with zero attached hydrogens (tertiary/aromatic N) is 3. The van der Waals surface area contributed by atoms with Gasteiger partial charge in [-0.1, -0.05) is 60.7 Å². The largest absolute Gasteiger partial charge is 0.494 e. The maximum atomic E-state index is 13.3. The van der Waals surface area contributed by atoms with Crippen LogP contribution in [0.4, 0.5) is 16.2 Å². The van der Waals surface area contributed by atoms with Gasteiger partial charge in [0.05, 0.1) is 30.2 Å². The molecular formula is C28H27N5O5. The lowest BCUT2D eigenvalue weighted by molar-refractivity contribution is -0.139. The number of aliphatic carboxylic acids is 1. The van der Waals surface area contributed by atoms with Crippen molar-refractivity contribution < 1.29 is 19.4 Å². The van der Waals surface area contributed by atoms with Gasteiger partial charge in [0.25, 0.3) is 5.56 Å². The number of nitrogens with one attached hydrogen (secondary N) is 2. The first kappa shape index (κ1) is 26.0. The van der Waals surface area contributed by atoms with Crippen LogP contribution in [0.25, 0.3) is 11.1 Å². The van der Waals surface area contributed by atoms with Gasteiger partial charge in [0.15, 0.2) is 5.75 Å². The van der Waals surface area contributed by atoms with Gasteiger partial charge in [-0.3, -0.25) is 10.2 Å². The molecule has 1 aromatic heterocycles. The summed E-state index contributed by atoms with van der Waals surface area (Å²) in [6.07, 6.45) is 1.49. The zero-order valence-corrected chi connectivity index (χ0v) is 20.9. The number of carboxylic acid groups (broad SMARTS) is 1. The number of anilines is 2. The third-order valence-electron chi connectivity index (χ3n) is 5.83. The second-order valence-electron chi connectivity index (χ2n) is 8.41. The van der Waals surface area contributed by atoms with Crippen LogP contribution < -0.4 is 26.0 Å². The third kappa shape index (κ3) is 5.98. The van der Waals surface area contributed by atoms with E-state index in [1.54, 1.807) is 67.7 Å². The number of benzene rings is 3. The predicted molar refractivity (Wildman–Crippen MR) is 144 cm³/mol. The summed E-state index contributed by atoms with van der Waals surface area (Å²) >= 11 is 0. The molecule has 0 unspecified atom stereocenters. The molecule has 194 valence electrons. The second-order valence-corrected chi connectivity index (χ2v) is 8.41. The Bertz CT molecular complexity index is 1460. The van der Waals surface area contributed by atoms with Gasteiger partial charge in [-0.05, 0) is 35.4 Å². The van der Waals surface area contributed by atoms with E-state index >= 15 is 0 Å². The summed E-state index contributed by atoms with van der Waals surface area (Å²) in [6.45, 7) is 0. The number of amides is 2. The number of carbonyl (C=O) groups excluding carboxylic acids is 1. The summed E-state index contributed by atoms with van der Waals surface area (Å²) < 4.78 is 6.51. The van der Waals surface area contributed by atoms with Crippen molar-refractivity contribution in [2.24, 2.45) is 7.05 Å². The maximum absolute atomic E-state index is 13.3. The number of carboxylic acids is 1. The van der Waals surface area contributed by atoms with E-state index in [-0.39, 0.29) is 12.0 Å². The minimum absolute atomic E-state index is 0.0286. The predicted octanol–water partition coefficient (Wildman–Crippen LogP) is 3.69. The molecule has 0 aliphatic rings. The van der Waals surface area contributed by atoms with Gasteiger partial charge >= 0.3 is 12.0 Å². The Morgan fingerprint density at radius 2 is 1.63 bits per heavy atom. The summed E-state index contributed by atoms with van der Waals surface area (Å²) in [5.74, 6) is -0.844. The van der Waals surface area contributed by atoms with Crippen LogP contribution >= 0.6 is 0 Å². The first-order valence-electron chi connectivity index (χ1n) is 11.8. The van der Waals surface area contributed by atoms with Crippen molar-refractivity contribution in [1.29, 1.82) is 0 Å². The molecule has 10 nitrogen and oxygen atoms in total. The summed E-state index contributed by atoms with van der Waals surface area (Å²) in [4.78, 5) is 38.0. The Morgan fingerprint density at radius 3 is 2.24 bits per heavy atom. The van der Waals surface area contributed by atoms with Crippen LogP contribution in [0.2, 0.25) is 0 Å². The first-order valence-corrected chi connectivity index (χ1v) is 11.8. The average Bonchev–Trinajstić information content (AvgIpc) is 2.94. The number of carbonyl (C=O) groups is 2. The molecule has 0 radical (unpaired) electrons. The minimum atomic E-state index is -1.21. The van der Waals surface area contributed by atoms with Gasteiger partial charge in [0, 0.05) is 13.5 Å². The number of aryl methyl sites for hydroxylation is 1. The number of para-hydroxylation sites is 2. The maximum Gasteiger partial charge on any atom is 0.341 e. The quantitative estimate of drug-likeness (QED) is 0.292. The van der Waals surface area contributed by atoms with E-state index in [2.05, 4.69) is 15.8 Å². The first-order chi connectivity index (χ1) is 18.4. The summed E-state index contributed by atoms with van der Waals surface area (Å²) in [5, 5.41) is 17.7. The SMILES string of the molecule is COc1cnn(C)c(=O)c1-c1ccc(C[C@H](NC(=O)N(Nc2ccccc2)c2ccccc2)C(=O)O)cc1. The molecule has 10 heteroatoms. The van der Waals surface area contributed by atoms with E-state index in [1.807, 2.05) is 24.3 Å². The van der Waals surface area contributed by atoms with E-state index in [4.69, 9.17) is 4.74 Å². The van der Waals surface area contributed by atoms with E-state index in [9.17, 15) is 19.5 Å². The van der Waals surface area contributed by atoms with Crippen molar-refractivity contribution in [2.75, 3.05) is 17.5 Å². The van der Waals surface area contributed by atoms with Gasteiger partial charge in [0.2, 0.25) is 0 Å². The highest BCUT2D eigenvalue weighted by Crippen LogP contribution is 2.26. The fraction of sp³-hybridized carbons (Fsp3) is 0.143. The number of ether oxygens (including phenoxy) is 1. The van der Waals surface area contributed by atoms with E-state index in [1.165, 1.54) is 23.0 Å². The summed E-state index contributed by atoms with van der Waals surface area (Å²) in [5.41, 5.74) is 5.52. The van der Waals surface area contributed by atoms with Crippen LogP contribution in [0.15, 0.2) is 95.9 Å². The summed E-state index contributed by atoms with van der Waals surface area (Å²) in [6, 6.07) is 23.0. The number of urea groups is 1. The van der Waals surface area contributed by atoms with Gasteiger partial charge in [0.1, 0.15) is 6.04 Å². The molecule has 3 N–H and O–H groups in total. The van der Waals surface area contributed by atoms with Gasteiger partial charge in [-0.2, -0.15) is 5.10 Å². The Kier molecular flexibility index (Phi) is 8.02. The molecule has 38 heavy (non-hydrogen) atoms. The zero-order chi connectivity index (χ0) is 27.1. The smallest absolute Gasteiger partial charge is 0.341 e. The third-order valence-corrected chi connectivity index (χ3v) is 5.83. The molecular weight excluding hydrogens is 486 g/mol. The standard InChI is InChI=1S/C28H27N5O5/c1-32-26(34)25(24(38-2)18-29-32)20-15-13-19(14-16-20)17-23(27(35)36)30-28(37)33(22-11-7-4-8-12-22)31-21-9-5-3-6-10-21/h3-16,18,23,31H,17H2,1-2H3,(H,30,37)(H,35,36)/t23-/m0/s1. The van der Waals surface area contributed by atoms with E-state index in [0.29, 0.717) is 33.8 Å². The molecule has 0 saturated carbocycles. The van der Waals surface area contributed by atoms with Crippen LogP contribution in [-0.4, -0.2) is 40.0 Å². The lowest BCUT2D eigenvalue weighted by Gasteiger charge is -2.26. The molecule has 0 spiro atoms. The van der Waals surface area contributed by atoms with Crippen LogP contribution in [0.1, 0.15) is 5.56 Å². The number of hydrogen-bond acceptors (Lipinski definition) is 6. The van der Waals surface area contributed by atoms with Gasteiger partial charge < -0.3 is 15.2 Å². The van der Waals surface area contributed by atoms with Crippen LogP contribution in [-0.2, 0) is 18.3 Å². The zero-order valence-electron chi connectivity index (χ0n) is 20.9. The van der Waals surface area contributed by atoms with Crippen molar-refractivity contribution in [2.45, 2.75) is 12.5 Å². The molecule has 1 atom stereocenters. The highest BCUT2D eigenvalue weighted by molar-refractivity contribution is 5.96. The Morgan fingerprint density at radius 1 is 1.00 bits per heavy atom. The Balaban J connectivity index is 1.54. The molecule has 4 aromatic rings. The van der Waals surface area contributed by atoms with Crippen molar-refractivity contribution in [3.05, 3.63) is 107 Å². The Hall–Kier alpha value is -5.12. The van der Waals surface area contributed by atoms with Crippen molar-refractivity contribution in [3.8, 4) is 16.9 Å². The normalized spacial score (nSPS) is 11.3. The monoisotopic (exact) mass is 513 g/mol. The molecule has 1 heterocycles. The highest BCUT2D eigenvalue weighted by Gasteiger charge is 2.25. The average molecular weight is 514 g/mol. The molecule has 2 amide bonds. The number of hydrogen-bond donors (Lipinski definition) is 3. The van der Waals surface area contributed by atoms with Crippen molar-refractivity contribution in [1.82, 2.24) is 15.1 Å². The lowest BCUT2D eigenvalue weighted by atomic mass is 10.0. The number of hydrazine groups is 1. The van der Waals surface area contributed by atoms with Gasteiger partial charge in [-0.15, -0.1) is 0 Å². The molecule has 4 rings (SSSR count). The summed E-state index contributed by atoms with van der Waals surface area (Å²) in [7, 11) is 3.00. The number of rotatable bonds is 9. The van der Waals surface area contributed by atoms with Gasteiger partial charge in [-0.25, -0.2) is 19.3 Å². The topological polar surface area (TPSA) is 126 Å². The molecule has 3 aromatic carbocycles. The highest BCUT2D eigenvalue weighted by atomic mass is 16.5. The molecule has 0 fully saturated rings. The van der Waals surface area contributed by atoms with Crippen LogP contribution in [0.5, 0.6) is 5.75 Å². The van der Waals surface area contributed by atoms with Crippen molar-refractivity contribution in [3.63, 3.8) is 0 Å². The fourth-order valence-corrected chi connectivity index (χ4v) is 3.85. The number of methoxy groups -OCH3 is 1. The van der Waals surface area contributed by atoms with Crippen LogP contribution in [0.3, 0.4) is 0 Å². The molecule has 0 aliphatic carbocycles.